The minimum Gasteiger partial charge on any atom is -0.304 e. The van der Waals surface area contributed by atoms with Crippen LogP contribution in [0.3, 0.4) is 0 Å². The second-order valence-electron chi connectivity index (χ2n) is 5.57. The molecule has 0 bridgehead atoms. The van der Waals surface area contributed by atoms with Crippen molar-refractivity contribution in [2.24, 2.45) is 4.99 Å². The average Bonchev–Trinajstić information content (AvgIpc) is 3.07. The third-order valence-electron chi connectivity index (χ3n) is 3.95. The molecule has 128 valence electrons. The van der Waals surface area contributed by atoms with Crippen molar-refractivity contribution in [2.45, 2.75) is 26.3 Å². The van der Waals surface area contributed by atoms with Crippen LogP contribution in [0.1, 0.15) is 18.4 Å². The second-order valence-corrected chi connectivity index (χ2v) is 6.99. The number of aromatic nitrogens is 1. The summed E-state index contributed by atoms with van der Waals surface area (Å²) in [5.41, 5.74) is 1.68. The van der Waals surface area contributed by atoms with Crippen molar-refractivity contribution in [3.05, 3.63) is 27.5 Å². The number of carbonyl (C=O) groups excluding carboxylic acids is 3. The van der Waals surface area contributed by atoms with Gasteiger partial charge in [-0.2, -0.15) is 4.99 Å². The molecule has 0 spiro atoms. The molecular formula is C17H14ClN3O3S. The zero-order valence-electron chi connectivity index (χ0n) is 13.4. The molecule has 2 aromatic rings. The molecule has 1 aromatic heterocycles. The first-order valence-corrected chi connectivity index (χ1v) is 8.74. The van der Waals surface area contributed by atoms with Crippen LogP contribution in [0.5, 0.6) is 0 Å². The maximum absolute atomic E-state index is 12.2. The number of imide groups is 1. The van der Waals surface area contributed by atoms with E-state index in [-0.39, 0.29) is 37.7 Å². The van der Waals surface area contributed by atoms with E-state index in [0.29, 0.717) is 9.82 Å². The van der Waals surface area contributed by atoms with Gasteiger partial charge in [-0.05, 0) is 24.6 Å². The van der Waals surface area contributed by atoms with Crippen LogP contribution in [0, 0.1) is 19.3 Å². The Bertz CT molecular complexity index is 997. The zero-order chi connectivity index (χ0) is 18.1. The van der Waals surface area contributed by atoms with E-state index in [0.717, 1.165) is 20.7 Å². The number of thiazole rings is 1. The SMILES string of the molecule is C#CCn1c(=NC(=O)CN2C(=O)CCC2=O)sc2ccc(Cl)c(C)c21. The van der Waals surface area contributed by atoms with E-state index in [1.807, 2.05) is 13.0 Å². The van der Waals surface area contributed by atoms with Gasteiger partial charge in [0.1, 0.15) is 6.54 Å². The maximum Gasteiger partial charge on any atom is 0.268 e. The van der Waals surface area contributed by atoms with E-state index in [9.17, 15) is 14.4 Å². The number of terminal acetylenes is 1. The topological polar surface area (TPSA) is 71.7 Å². The molecule has 1 aromatic carbocycles. The summed E-state index contributed by atoms with van der Waals surface area (Å²) < 4.78 is 2.64. The number of halogens is 1. The summed E-state index contributed by atoms with van der Waals surface area (Å²) in [6, 6.07) is 3.63. The highest BCUT2D eigenvalue weighted by Crippen LogP contribution is 2.27. The average molecular weight is 376 g/mol. The van der Waals surface area contributed by atoms with Crippen molar-refractivity contribution in [3.63, 3.8) is 0 Å². The molecule has 25 heavy (non-hydrogen) atoms. The van der Waals surface area contributed by atoms with Gasteiger partial charge in [0, 0.05) is 17.9 Å². The second kappa shape index (κ2) is 6.82. The molecule has 0 saturated carbocycles. The summed E-state index contributed by atoms with van der Waals surface area (Å²) in [5, 5.41) is 0.599. The Hall–Kier alpha value is -2.43. The molecule has 1 aliphatic heterocycles. The van der Waals surface area contributed by atoms with Crippen LogP contribution in [0.4, 0.5) is 0 Å². The van der Waals surface area contributed by atoms with Crippen molar-refractivity contribution in [1.29, 1.82) is 0 Å². The molecule has 0 atom stereocenters. The Morgan fingerprint density at radius 1 is 1.36 bits per heavy atom. The van der Waals surface area contributed by atoms with E-state index < -0.39 is 5.91 Å². The highest BCUT2D eigenvalue weighted by atomic mass is 35.5. The Balaban J connectivity index is 2.04. The Morgan fingerprint density at radius 3 is 2.68 bits per heavy atom. The number of hydrogen-bond acceptors (Lipinski definition) is 4. The molecule has 1 saturated heterocycles. The largest absolute Gasteiger partial charge is 0.304 e. The van der Waals surface area contributed by atoms with Crippen LogP contribution >= 0.6 is 22.9 Å². The fourth-order valence-electron chi connectivity index (χ4n) is 2.72. The lowest BCUT2D eigenvalue weighted by molar-refractivity contribution is -0.141. The summed E-state index contributed by atoms with van der Waals surface area (Å²) >= 11 is 7.49. The fraction of sp³-hybridized carbons (Fsp3) is 0.294. The van der Waals surface area contributed by atoms with Crippen molar-refractivity contribution < 1.29 is 14.4 Å². The van der Waals surface area contributed by atoms with Crippen molar-refractivity contribution in [1.82, 2.24) is 9.47 Å². The number of likely N-dealkylation sites (tertiary alicyclic amines) is 1. The van der Waals surface area contributed by atoms with Gasteiger partial charge < -0.3 is 4.57 Å². The van der Waals surface area contributed by atoms with Gasteiger partial charge in [-0.15, -0.1) is 6.42 Å². The normalized spacial score (nSPS) is 15.2. The summed E-state index contributed by atoms with van der Waals surface area (Å²) in [6.07, 6.45) is 5.73. The van der Waals surface area contributed by atoms with Crippen LogP contribution < -0.4 is 4.80 Å². The van der Waals surface area contributed by atoms with E-state index in [2.05, 4.69) is 10.9 Å². The van der Waals surface area contributed by atoms with Crippen LogP contribution in [-0.2, 0) is 20.9 Å². The fourth-order valence-corrected chi connectivity index (χ4v) is 3.97. The standard InChI is InChI=1S/C17H14ClN3O3S/c1-3-8-20-16-10(2)11(18)4-5-12(16)25-17(20)19-13(22)9-21-14(23)6-7-15(21)24/h1,4-5H,6-9H2,2H3. The van der Waals surface area contributed by atoms with Gasteiger partial charge in [0.2, 0.25) is 11.8 Å². The van der Waals surface area contributed by atoms with Crippen molar-refractivity contribution >= 4 is 50.9 Å². The summed E-state index contributed by atoms with van der Waals surface area (Å²) in [4.78, 5) is 41.0. The molecule has 1 aliphatic rings. The van der Waals surface area contributed by atoms with E-state index in [4.69, 9.17) is 18.0 Å². The summed E-state index contributed by atoms with van der Waals surface area (Å²) in [6.45, 7) is 1.76. The van der Waals surface area contributed by atoms with Gasteiger partial charge in [0.25, 0.3) is 5.91 Å². The molecule has 8 heteroatoms. The predicted molar refractivity (Wildman–Crippen MR) is 94.9 cm³/mol. The Morgan fingerprint density at radius 2 is 2.04 bits per heavy atom. The van der Waals surface area contributed by atoms with Gasteiger partial charge >= 0.3 is 0 Å². The first-order valence-electron chi connectivity index (χ1n) is 7.55. The lowest BCUT2D eigenvalue weighted by atomic mass is 10.2. The molecule has 6 nitrogen and oxygen atoms in total. The van der Waals surface area contributed by atoms with Crippen molar-refractivity contribution in [2.75, 3.05) is 6.54 Å². The highest BCUT2D eigenvalue weighted by molar-refractivity contribution is 7.16. The molecule has 2 heterocycles. The number of aryl methyl sites for hydroxylation is 1. The number of fused-ring (bicyclic) bond motifs is 1. The Kier molecular flexibility index (Phi) is 4.75. The maximum atomic E-state index is 12.2. The zero-order valence-corrected chi connectivity index (χ0v) is 15.0. The van der Waals surface area contributed by atoms with Crippen LogP contribution in [-0.4, -0.2) is 33.7 Å². The van der Waals surface area contributed by atoms with Gasteiger partial charge in [0.05, 0.1) is 16.8 Å². The quantitative estimate of drug-likeness (QED) is 0.607. The van der Waals surface area contributed by atoms with Crippen LogP contribution in [0.2, 0.25) is 5.02 Å². The molecule has 0 radical (unpaired) electrons. The molecule has 1 fully saturated rings. The van der Waals surface area contributed by atoms with Crippen LogP contribution in [0.25, 0.3) is 10.2 Å². The van der Waals surface area contributed by atoms with E-state index in [1.54, 1.807) is 10.6 Å². The first kappa shape index (κ1) is 17.4. The molecule has 0 N–H and O–H groups in total. The highest BCUT2D eigenvalue weighted by Gasteiger charge is 2.30. The van der Waals surface area contributed by atoms with Gasteiger partial charge in [0.15, 0.2) is 4.80 Å². The molecule has 3 amide bonds. The van der Waals surface area contributed by atoms with Gasteiger partial charge in [-0.1, -0.05) is 28.9 Å². The molecular weight excluding hydrogens is 362 g/mol. The number of amides is 3. The van der Waals surface area contributed by atoms with Gasteiger partial charge in [-0.25, -0.2) is 0 Å². The van der Waals surface area contributed by atoms with Crippen LogP contribution in [0.15, 0.2) is 17.1 Å². The molecule has 0 aliphatic carbocycles. The summed E-state index contributed by atoms with van der Waals surface area (Å²) in [7, 11) is 0. The van der Waals surface area contributed by atoms with Gasteiger partial charge in [-0.3, -0.25) is 19.3 Å². The lowest BCUT2D eigenvalue weighted by Crippen LogP contribution is -2.34. The monoisotopic (exact) mass is 375 g/mol. The third kappa shape index (κ3) is 3.23. The smallest absolute Gasteiger partial charge is 0.268 e. The predicted octanol–water partition coefficient (Wildman–Crippen LogP) is 1.87. The molecule has 0 unspecified atom stereocenters. The number of rotatable bonds is 3. The molecule has 3 rings (SSSR count). The number of nitrogens with zero attached hydrogens (tertiary/aromatic N) is 3. The van der Waals surface area contributed by atoms with Crippen molar-refractivity contribution in [3.8, 4) is 12.3 Å². The number of carbonyl (C=O) groups is 3. The van der Waals surface area contributed by atoms with E-state index >= 15 is 0 Å². The lowest BCUT2D eigenvalue weighted by Gasteiger charge is -2.10. The Labute approximate surface area is 152 Å². The summed E-state index contributed by atoms with van der Waals surface area (Å²) in [5.74, 6) is 1.29. The minimum absolute atomic E-state index is 0.143. The number of benzene rings is 1. The third-order valence-corrected chi connectivity index (χ3v) is 5.40. The minimum atomic E-state index is -0.565. The van der Waals surface area contributed by atoms with E-state index in [1.165, 1.54) is 11.3 Å². The first-order chi connectivity index (χ1) is 11.9. The number of hydrogen-bond donors (Lipinski definition) is 0.